The number of hydrogen-bond acceptors (Lipinski definition) is 4. The fraction of sp³-hybridized carbons (Fsp3) is 0.226. The third-order valence-electron chi connectivity index (χ3n) is 8.20. The molecule has 2 aliphatic heterocycles. The molecule has 7 rings (SSSR count). The van der Waals surface area contributed by atoms with E-state index < -0.39 is 23.7 Å². The van der Waals surface area contributed by atoms with Crippen molar-refractivity contribution in [2.24, 2.45) is 0 Å². The number of hydrogen-bond donors (Lipinski definition) is 0. The summed E-state index contributed by atoms with van der Waals surface area (Å²) in [6, 6.07) is 16.1. The number of aromatic nitrogens is 4. The number of anilines is 1. The Labute approximate surface area is 248 Å². The lowest BCUT2D eigenvalue weighted by atomic mass is 10.0. The van der Waals surface area contributed by atoms with Gasteiger partial charge < -0.3 is 14.4 Å². The summed E-state index contributed by atoms with van der Waals surface area (Å²) in [7, 11) is 1.61. The van der Waals surface area contributed by atoms with E-state index in [2.05, 4.69) is 10.1 Å². The van der Waals surface area contributed by atoms with Crippen molar-refractivity contribution in [3.8, 4) is 5.82 Å². The molecule has 0 unspecified atom stereocenters. The van der Waals surface area contributed by atoms with E-state index in [1.54, 1.807) is 36.1 Å². The van der Waals surface area contributed by atoms with E-state index in [9.17, 15) is 22.8 Å². The second kappa shape index (κ2) is 9.98. The van der Waals surface area contributed by atoms with Crippen molar-refractivity contribution >= 4 is 40.0 Å². The van der Waals surface area contributed by atoms with Crippen LogP contribution in [0.3, 0.4) is 0 Å². The number of pyridine rings is 1. The van der Waals surface area contributed by atoms with Gasteiger partial charge in [-0.3, -0.25) is 9.59 Å². The Morgan fingerprint density at radius 2 is 1.81 bits per heavy atom. The third-order valence-corrected chi connectivity index (χ3v) is 8.62. The minimum Gasteiger partial charge on any atom is -0.325 e. The van der Waals surface area contributed by atoms with Crippen molar-refractivity contribution in [3.63, 3.8) is 0 Å². The van der Waals surface area contributed by atoms with E-state index >= 15 is 0 Å². The molecule has 8 nitrogen and oxygen atoms in total. The Hall–Kier alpha value is -4.64. The summed E-state index contributed by atoms with van der Waals surface area (Å²) in [5.74, 6) is -0.963. The van der Waals surface area contributed by atoms with E-state index in [1.165, 1.54) is 26.6 Å². The summed E-state index contributed by atoms with van der Waals surface area (Å²) in [6.45, 7) is 0.630. The van der Waals surface area contributed by atoms with Crippen LogP contribution in [0.2, 0.25) is 5.15 Å². The van der Waals surface area contributed by atoms with Crippen molar-refractivity contribution in [2.75, 3.05) is 18.5 Å². The number of carbonyl (C=O) groups is 2. The maximum atomic E-state index is 13.9. The quantitative estimate of drug-likeness (QED) is 0.270. The van der Waals surface area contributed by atoms with Gasteiger partial charge in [0.15, 0.2) is 5.69 Å². The van der Waals surface area contributed by atoms with Crippen LogP contribution in [0.25, 0.3) is 16.7 Å². The Kier molecular flexibility index (Phi) is 6.31. The van der Waals surface area contributed by atoms with Gasteiger partial charge in [0.2, 0.25) is 5.91 Å². The van der Waals surface area contributed by atoms with Crippen molar-refractivity contribution in [2.45, 2.75) is 31.6 Å². The number of likely N-dealkylation sites (N-methyl/N-ethyl adjacent to an activating group) is 1. The number of fused-ring (bicyclic) bond motifs is 1. The van der Waals surface area contributed by atoms with Gasteiger partial charge in [-0.15, -0.1) is 0 Å². The predicted octanol–water partition coefficient (Wildman–Crippen LogP) is 5.53. The number of rotatable bonds is 4. The molecule has 0 aliphatic carbocycles. The Bertz CT molecular complexity index is 1920. The number of amides is 2. The lowest BCUT2D eigenvalue weighted by Gasteiger charge is -2.34. The summed E-state index contributed by atoms with van der Waals surface area (Å²) in [6.07, 6.45) is -1.19. The molecule has 1 atom stereocenters. The summed E-state index contributed by atoms with van der Waals surface area (Å²) in [5, 5.41) is 5.57. The maximum absolute atomic E-state index is 13.9. The molecule has 43 heavy (non-hydrogen) atoms. The molecule has 12 heteroatoms. The third kappa shape index (κ3) is 4.37. The van der Waals surface area contributed by atoms with Crippen LogP contribution in [0.1, 0.15) is 32.7 Å². The summed E-state index contributed by atoms with van der Waals surface area (Å²) in [4.78, 5) is 34.8. The molecule has 5 aromatic rings. The van der Waals surface area contributed by atoms with Crippen LogP contribution in [-0.2, 0) is 30.4 Å². The highest BCUT2D eigenvalue weighted by Gasteiger charge is 2.41. The molecular formula is C31H24ClF3N6O2. The molecule has 0 spiro atoms. The number of nitrogens with zero attached hydrogens (tertiary/aromatic N) is 6. The number of alkyl halides is 3. The minimum atomic E-state index is -4.62. The van der Waals surface area contributed by atoms with Crippen LogP contribution in [0.15, 0.2) is 73.1 Å². The molecule has 0 bridgehead atoms. The highest BCUT2D eigenvalue weighted by atomic mass is 35.5. The zero-order valence-electron chi connectivity index (χ0n) is 22.8. The topological polar surface area (TPSA) is 76.3 Å². The van der Waals surface area contributed by atoms with Crippen molar-refractivity contribution in [1.29, 1.82) is 0 Å². The van der Waals surface area contributed by atoms with Crippen molar-refractivity contribution in [3.05, 3.63) is 106 Å². The first-order chi connectivity index (χ1) is 20.6. The summed E-state index contributed by atoms with van der Waals surface area (Å²) in [5.41, 5.74) is 2.61. The first-order valence-electron chi connectivity index (χ1n) is 13.7. The van der Waals surface area contributed by atoms with Gasteiger partial charge >= 0.3 is 6.18 Å². The highest BCUT2D eigenvalue weighted by molar-refractivity contribution is 6.31. The van der Waals surface area contributed by atoms with Crippen LogP contribution < -0.4 is 4.90 Å². The van der Waals surface area contributed by atoms with Gasteiger partial charge in [-0.2, -0.15) is 18.3 Å². The van der Waals surface area contributed by atoms with E-state index in [-0.39, 0.29) is 30.4 Å². The van der Waals surface area contributed by atoms with Gasteiger partial charge in [0, 0.05) is 43.4 Å². The maximum Gasteiger partial charge on any atom is 0.419 e. The molecule has 2 aromatic carbocycles. The summed E-state index contributed by atoms with van der Waals surface area (Å²) < 4.78 is 44.8. The zero-order chi connectivity index (χ0) is 30.0. The molecule has 5 heterocycles. The molecule has 0 saturated carbocycles. The highest BCUT2D eigenvalue weighted by Crippen LogP contribution is 2.40. The molecule has 2 amide bonds. The van der Waals surface area contributed by atoms with Gasteiger partial charge in [0.05, 0.1) is 23.3 Å². The molecule has 0 radical (unpaired) electrons. The molecule has 0 N–H and O–H groups in total. The van der Waals surface area contributed by atoms with E-state index in [0.717, 1.165) is 11.6 Å². The minimum absolute atomic E-state index is 0.109. The molecule has 3 aromatic heterocycles. The second-order valence-corrected chi connectivity index (χ2v) is 11.1. The van der Waals surface area contributed by atoms with Crippen molar-refractivity contribution in [1.82, 2.24) is 24.2 Å². The van der Waals surface area contributed by atoms with Gasteiger partial charge in [0.25, 0.3) is 5.91 Å². The Balaban J connectivity index is 1.28. The van der Waals surface area contributed by atoms with Gasteiger partial charge in [-0.25, -0.2) is 9.67 Å². The van der Waals surface area contributed by atoms with Crippen LogP contribution >= 0.6 is 11.6 Å². The largest absolute Gasteiger partial charge is 0.419 e. The first kappa shape index (κ1) is 27.2. The zero-order valence-corrected chi connectivity index (χ0v) is 23.6. The van der Waals surface area contributed by atoms with Crippen LogP contribution in [0, 0.1) is 0 Å². The molecule has 0 saturated heterocycles. The Morgan fingerprint density at radius 3 is 2.58 bits per heavy atom. The predicted molar refractivity (Wildman–Crippen MR) is 154 cm³/mol. The van der Waals surface area contributed by atoms with Gasteiger partial charge in [-0.05, 0) is 41.8 Å². The average molecular weight is 605 g/mol. The monoisotopic (exact) mass is 604 g/mol. The van der Waals surface area contributed by atoms with E-state index in [1.807, 2.05) is 30.3 Å². The molecule has 0 fully saturated rings. The lowest BCUT2D eigenvalue weighted by molar-refractivity contribution is -0.137. The smallest absolute Gasteiger partial charge is 0.325 e. The number of halogens is 4. The van der Waals surface area contributed by atoms with Crippen molar-refractivity contribution < 1.29 is 22.8 Å². The first-order valence-corrected chi connectivity index (χ1v) is 14.0. The van der Waals surface area contributed by atoms with Crippen LogP contribution in [0.4, 0.5) is 18.9 Å². The van der Waals surface area contributed by atoms with Crippen LogP contribution in [0.5, 0.6) is 0 Å². The number of carbonyl (C=O) groups excluding carboxylic acids is 2. The fourth-order valence-electron chi connectivity index (χ4n) is 6.15. The SMILES string of the molecule is CN1C(=O)[C@@H](N2CCc3c(nn(Cc4ccccc4)c3Cl)C2=O)Cc2cn(-c3ncccc3C(F)(F)F)c3cccc1c23. The van der Waals surface area contributed by atoms with E-state index in [0.29, 0.717) is 45.8 Å². The van der Waals surface area contributed by atoms with Gasteiger partial charge in [-0.1, -0.05) is 48.0 Å². The molecule has 2 aliphatic rings. The fourth-order valence-corrected chi connectivity index (χ4v) is 6.43. The summed E-state index contributed by atoms with van der Waals surface area (Å²) >= 11 is 6.66. The second-order valence-electron chi connectivity index (χ2n) is 10.7. The van der Waals surface area contributed by atoms with Gasteiger partial charge in [0.1, 0.15) is 17.0 Å². The Morgan fingerprint density at radius 1 is 1.02 bits per heavy atom. The standard InChI is InChI=1S/C31H24ClF3N6O2/c1-38-22-10-5-11-23-25(22)19(17-40(23)28-21(31(33,34)35)9-6-13-36-28)15-24(29(38)42)39-14-12-20-26(30(39)43)37-41(27(20)32)16-18-7-3-2-4-8-18/h2-11,13,17,24H,12,14-16H2,1H3/t24-/m0/s1. The molecule has 218 valence electrons. The normalized spacial score (nSPS) is 17.0. The number of benzene rings is 2. The van der Waals surface area contributed by atoms with E-state index in [4.69, 9.17) is 11.6 Å². The lowest BCUT2D eigenvalue weighted by Crippen LogP contribution is -2.53. The van der Waals surface area contributed by atoms with Crippen LogP contribution in [-0.4, -0.2) is 55.7 Å². The molecular weight excluding hydrogens is 581 g/mol. The average Bonchev–Trinajstić information content (AvgIpc) is 3.50.